The predicted molar refractivity (Wildman–Crippen MR) is 83.0 cm³/mol. The predicted octanol–water partition coefficient (Wildman–Crippen LogP) is 2.02. The summed E-state index contributed by atoms with van der Waals surface area (Å²) in [6.07, 6.45) is 2.54. The van der Waals surface area contributed by atoms with Crippen molar-refractivity contribution in [2.45, 2.75) is 26.1 Å². The van der Waals surface area contributed by atoms with E-state index < -0.39 is 5.97 Å². The lowest BCUT2D eigenvalue weighted by atomic mass is 10.2. The van der Waals surface area contributed by atoms with Gasteiger partial charge in [0.25, 0.3) is 5.91 Å². The van der Waals surface area contributed by atoms with Gasteiger partial charge in [0.1, 0.15) is 5.82 Å². The van der Waals surface area contributed by atoms with Gasteiger partial charge >= 0.3 is 5.97 Å². The number of hydrogen-bond acceptors (Lipinski definition) is 4. The van der Waals surface area contributed by atoms with Crippen molar-refractivity contribution < 1.29 is 23.5 Å². The Bertz CT molecular complexity index is 592. The molecule has 6 heteroatoms. The first kappa shape index (κ1) is 17.1. The van der Waals surface area contributed by atoms with Gasteiger partial charge in [-0.15, -0.1) is 0 Å². The Morgan fingerprint density at radius 1 is 1.35 bits per heavy atom. The first-order chi connectivity index (χ1) is 10.9. The van der Waals surface area contributed by atoms with Crippen LogP contribution in [0.25, 0.3) is 6.08 Å². The van der Waals surface area contributed by atoms with Crippen molar-refractivity contribution in [3.63, 3.8) is 0 Å². The molecule has 0 aliphatic carbocycles. The third-order valence-corrected chi connectivity index (χ3v) is 3.37. The van der Waals surface area contributed by atoms with Crippen LogP contribution in [0.2, 0.25) is 0 Å². The van der Waals surface area contributed by atoms with Crippen LogP contribution < -0.4 is 0 Å². The zero-order chi connectivity index (χ0) is 16.8. The summed E-state index contributed by atoms with van der Waals surface area (Å²) in [7, 11) is 0. The molecule has 1 aliphatic heterocycles. The van der Waals surface area contributed by atoms with Crippen LogP contribution in [-0.4, -0.2) is 48.7 Å². The minimum atomic E-state index is -0.642. The molecule has 23 heavy (non-hydrogen) atoms. The van der Waals surface area contributed by atoms with Crippen molar-refractivity contribution in [1.29, 1.82) is 0 Å². The lowest BCUT2D eigenvalue weighted by Crippen LogP contribution is -2.49. The smallest absolute Gasteiger partial charge is 0.331 e. The average molecular weight is 321 g/mol. The fourth-order valence-electron chi connectivity index (χ4n) is 2.43. The van der Waals surface area contributed by atoms with E-state index in [0.29, 0.717) is 18.7 Å². The summed E-state index contributed by atoms with van der Waals surface area (Å²) in [6, 6.07) is 5.82. The van der Waals surface area contributed by atoms with Crippen molar-refractivity contribution in [3.8, 4) is 0 Å². The van der Waals surface area contributed by atoms with Crippen molar-refractivity contribution in [2.75, 3.05) is 19.7 Å². The number of carbonyl (C=O) groups excluding carboxylic acids is 2. The molecule has 0 saturated carbocycles. The number of halogens is 1. The fourth-order valence-corrected chi connectivity index (χ4v) is 2.43. The molecule has 0 N–H and O–H groups in total. The normalized spacial score (nSPS) is 21.4. The van der Waals surface area contributed by atoms with Crippen LogP contribution in [0.3, 0.4) is 0 Å². The van der Waals surface area contributed by atoms with E-state index >= 15 is 0 Å². The van der Waals surface area contributed by atoms with E-state index in [0.717, 1.165) is 0 Å². The van der Waals surface area contributed by atoms with Gasteiger partial charge < -0.3 is 14.4 Å². The highest BCUT2D eigenvalue weighted by Crippen LogP contribution is 2.11. The van der Waals surface area contributed by atoms with Gasteiger partial charge in [0, 0.05) is 19.2 Å². The second kappa shape index (κ2) is 7.87. The van der Waals surface area contributed by atoms with Crippen LogP contribution in [0.4, 0.5) is 4.39 Å². The van der Waals surface area contributed by atoms with Gasteiger partial charge in [-0.05, 0) is 37.6 Å². The summed E-state index contributed by atoms with van der Waals surface area (Å²) in [5.74, 6) is -1.28. The highest BCUT2D eigenvalue weighted by Gasteiger charge is 2.26. The molecule has 2 atom stereocenters. The number of morpholine rings is 1. The summed E-state index contributed by atoms with van der Waals surface area (Å²) in [4.78, 5) is 25.3. The van der Waals surface area contributed by atoms with E-state index in [4.69, 9.17) is 9.47 Å². The van der Waals surface area contributed by atoms with Crippen LogP contribution >= 0.6 is 0 Å². The molecule has 1 fully saturated rings. The fraction of sp³-hybridized carbons (Fsp3) is 0.412. The van der Waals surface area contributed by atoms with Crippen LogP contribution in [0.1, 0.15) is 19.4 Å². The summed E-state index contributed by atoms with van der Waals surface area (Å²) in [5.41, 5.74) is 0.545. The standard InChI is InChI=1S/C17H20FNO4/c1-12-9-19(10-13(2)23-12)16(20)11-22-17(21)7-6-14-4-3-5-15(18)8-14/h3-8,12-13H,9-11H2,1-2H3/b7-6+/t12-,13+. The van der Waals surface area contributed by atoms with Gasteiger partial charge in [-0.1, -0.05) is 12.1 Å². The van der Waals surface area contributed by atoms with Crippen LogP contribution in [0.5, 0.6) is 0 Å². The van der Waals surface area contributed by atoms with E-state index in [-0.39, 0.29) is 30.5 Å². The van der Waals surface area contributed by atoms with E-state index in [1.807, 2.05) is 13.8 Å². The van der Waals surface area contributed by atoms with Gasteiger partial charge in [-0.2, -0.15) is 0 Å². The Balaban J connectivity index is 1.80. The van der Waals surface area contributed by atoms with E-state index in [1.165, 1.54) is 24.3 Å². The maximum Gasteiger partial charge on any atom is 0.331 e. The number of hydrogen-bond donors (Lipinski definition) is 0. The van der Waals surface area contributed by atoms with Crippen molar-refractivity contribution in [3.05, 3.63) is 41.7 Å². The molecule has 0 unspecified atom stereocenters. The number of amides is 1. The molecule has 1 aromatic rings. The zero-order valence-electron chi connectivity index (χ0n) is 13.2. The third-order valence-electron chi connectivity index (χ3n) is 3.37. The Labute approximate surface area is 134 Å². The van der Waals surface area contributed by atoms with Crippen LogP contribution in [0.15, 0.2) is 30.3 Å². The van der Waals surface area contributed by atoms with Gasteiger partial charge in [0.15, 0.2) is 6.61 Å². The van der Waals surface area contributed by atoms with Crippen LogP contribution in [0, 0.1) is 5.82 Å². The van der Waals surface area contributed by atoms with Gasteiger partial charge in [0.2, 0.25) is 0 Å². The lowest BCUT2D eigenvalue weighted by Gasteiger charge is -2.35. The highest BCUT2D eigenvalue weighted by molar-refractivity contribution is 5.89. The van der Waals surface area contributed by atoms with Gasteiger partial charge in [-0.3, -0.25) is 4.79 Å². The summed E-state index contributed by atoms with van der Waals surface area (Å²) in [5, 5.41) is 0. The lowest BCUT2D eigenvalue weighted by molar-refractivity contribution is -0.154. The Morgan fingerprint density at radius 2 is 2.04 bits per heavy atom. The molecule has 0 radical (unpaired) electrons. The Hall–Kier alpha value is -2.21. The molecule has 124 valence electrons. The maximum atomic E-state index is 13.0. The van der Waals surface area contributed by atoms with Crippen molar-refractivity contribution >= 4 is 18.0 Å². The average Bonchev–Trinajstić information content (AvgIpc) is 2.49. The quantitative estimate of drug-likeness (QED) is 0.629. The van der Waals surface area contributed by atoms with E-state index in [2.05, 4.69) is 0 Å². The van der Waals surface area contributed by atoms with E-state index in [9.17, 15) is 14.0 Å². The Morgan fingerprint density at radius 3 is 2.70 bits per heavy atom. The first-order valence-corrected chi connectivity index (χ1v) is 7.47. The molecule has 2 rings (SSSR count). The van der Waals surface area contributed by atoms with E-state index in [1.54, 1.807) is 17.0 Å². The second-order valence-electron chi connectivity index (χ2n) is 5.55. The number of nitrogens with zero attached hydrogens (tertiary/aromatic N) is 1. The third kappa shape index (κ3) is 5.49. The minimum absolute atomic E-state index is 0.0359. The molecule has 0 bridgehead atoms. The summed E-state index contributed by atoms with van der Waals surface area (Å²) in [6.45, 7) is 4.44. The first-order valence-electron chi connectivity index (χ1n) is 7.47. The molecule has 0 aromatic heterocycles. The SMILES string of the molecule is C[C@@H]1CN(C(=O)COC(=O)/C=C/c2cccc(F)c2)C[C@H](C)O1. The number of rotatable bonds is 4. The molecule has 1 aromatic carbocycles. The molecular weight excluding hydrogens is 301 g/mol. The molecule has 5 nitrogen and oxygen atoms in total. The minimum Gasteiger partial charge on any atom is -0.452 e. The van der Waals surface area contributed by atoms with Crippen LogP contribution in [-0.2, 0) is 19.1 Å². The zero-order valence-corrected chi connectivity index (χ0v) is 13.2. The molecule has 1 heterocycles. The van der Waals surface area contributed by atoms with Crippen molar-refractivity contribution in [2.24, 2.45) is 0 Å². The van der Waals surface area contributed by atoms with Gasteiger partial charge in [0.05, 0.1) is 12.2 Å². The largest absolute Gasteiger partial charge is 0.452 e. The number of esters is 1. The molecular formula is C17H20FNO4. The summed E-state index contributed by atoms with van der Waals surface area (Å²) < 4.78 is 23.5. The topological polar surface area (TPSA) is 55.8 Å². The molecule has 1 amide bonds. The number of benzene rings is 1. The number of ether oxygens (including phenoxy) is 2. The number of carbonyl (C=O) groups is 2. The van der Waals surface area contributed by atoms with Crippen molar-refractivity contribution in [1.82, 2.24) is 4.90 Å². The molecule has 0 spiro atoms. The monoisotopic (exact) mass is 321 g/mol. The molecule has 1 aliphatic rings. The second-order valence-corrected chi connectivity index (χ2v) is 5.55. The molecule has 1 saturated heterocycles. The highest BCUT2D eigenvalue weighted by atomic mass is 19.1. The van der Waals surface area contributed by atoms with Gasteiger partial charge in [-0.25, -0.2) is 9.18 Å². The maximum absolute atomic E-state index is 13.0. The summed E-state index contributed by atoms with van der Waals surface area (Å²) >= 11 is 0. The Kier molecular flexibility index (Phi) is 5.87.